The Labute approximate surface area is 194 Å². The Balaban J connectivity index is 1.66. The van der Waals surface area contributed by atoms with E-state index in [9.17, 15) is 19.8 Å². The predicted molar refractivity (Wildman–Crippen MR) is 118 cm³/mol. The number of aliphatic hydroxyl groups is 2. The summed E-state index contributed by atoms with van der Waals surface area (Å²) in [5, 5.41) is 23.1. The highest BCUT2D eigenvalue weighted by Crippen LogP contribution is 2.69. The van der Waals surface area contributed by atoms with Crippen molar-refractivity contribution < 1.29 is 34.0 Å². The number of fused-ring (bicyclic) bond motifs is 1. The van der Waals surface area contributed by atoms with Crippen LogP contribution >= 0.6 is 0 Å². The van der Waals surface area contributed by atoms with Crippen molar-refractivity contribution in [1.29, 1.82) is 0 Å². The van der Waals surface area contributed by atoms with E-state index in [0.717, 1.165) is 28.7 Å². The standard InChI is InChI=1S/C26H34O7/c1-6-7-14(4)23(28)33-20-19-15(5)22(27)26(30)21-18-13(3)9-8-12(2)16(18)10-17(32-24(20)29)25(19,21)11-31-26/h8-9,14-15,17,19-22,27,30H,6-7,10-11H2,1-5H3/t14?,15-,17-,19-,20-,21-,22-,25+,26-/m1/s1. The Kier molecular flexibility index (Phi) is 5.20. The molecule has 5 rings (SSSR count). The van der Waals surface area contributed by atoms with Crippen LogP contribution in [0, 0.1) is 37.0 Å². The van der Waals surface area contributed by atoms with Gasteiger partial charge in [-0.2, -0.15) is 0 Å². The normalized spacial score (nSPS) is 41.6. The van der Waals surface area contributed by atoms with E-state index in [0.29, 0.717) is 12.8 Å². The molecule has 7 heteroatoms. The van der Waals surface area contributed by atoms with Gasteiger partial charge in [-0.25, -0.2) is 4.79 Å². The van der Waals surface area contributed by atoms with Crippen LogP contribution in [0.25, 0.3) is 0 Å². The Hall–Kier alpha value is -1.96. The molecule has 1 aromatic rings. The summed E-state index contributed by atoms with van der Waals surface area (Å²) in [5.41, 5.74) is 3.27. The van der Waals surface area contributed by atoms with Gasteiger partial charge in [0.15, 0.2) is 5.79 Å². The van der Waals surface area contributed by atoms with Crippen LogP contribution in [-0.4, -0.2) is 52.9 Å². The van der Waals surface area contributed by atoms with Crippen molar-refractivity contribution in [3.05, 3.63) is 34.4 Å². The van der Waals surface area contributed by atoms with Gasteiger partial charge in [0.1, 0.15) is 12.2 Å². The number of aliphatic hydroxyl groups excluding tert-OH is 1. The number of esters is 2. The number of aryl methyl sites for hydroxylation is 2. The van der Waals surface area contributed by atoms with E-state index in [-0.39, 0.29) is 12.5 Å². The van der Waals surface area contributed by atoms with Gasteiger partial charge in [0, 0.05) is 12.3 Å². The summed E-state index contributed by atoms with van der Waals surface area (Å²) >= 11 is 0. The van der Waals surface area contributed by atoms with Gasteiger partial charge in [-0.3, -0.25) is 4.79 Å². The Morgan fingerprint density at radius 3 is 2.70 bits per heavy atom. The third kappa shape index (κ3) is 2.85. The van der Waals surface area contributed by atoms with Gasteiger partial charge < -0.3 is 24.4 Å². The zero-order valence-electron chi connectivity index (χ0n) is 20.0. The van der Waals surface area contributed by atoms with Crippen LogP contribution in [0.5, 0.6) is 0 Å². The van der Waals surface area contributed by atoms with Crippen LogP contribution in [0.2, 0.25) is 0 Å². The minimum atomic E-state index is -1.80. The Bertz CT molecular complexity index is 1000. The first kappa shape index (κ1) is 22.8. The molecular weight excluding hydrogens is 424 g/mol. The molecule has 2 saturated heterocycles. The summed E-state index contributed by atoms with van der Waals surface area (Å²) in [5.74, 6) is -4.79. The number of ether oxygens (including phenoxy) is 3. The summed E-state index contributed by atoms with van der Waals surface area (Å²) in [6.07, 6.45) is -0.910. The molecule has 9 atom stereocenters. The number of benzene rings is 1. The van der Waals surface area contributed by atoms with Crippen LogP contribution in [0.3, 0.4) is 0 Å². The second-order valence-corrected chi connectivity index (χ2v) is 10.7. The number of hydrogen-bond acceptors (Lipinski definition) is 7. The van der Waals surface area contributed by atoms with E-state index >= 15 is 0 Å². The molecule has 2 aliphatic carbocycles. The average Bonchev–Trinajstić information content (AvgIpc) is 3.05. The molecule has 4 aliphatic rings. The van der Waals surface area contributed by atoms with E-state index in [4.69, 9.17) is 14.2 Å². The first-order chi connectivity index (χ1) is 15.6. The minimum absolute atomic E-state index is 0.129. The first-order valence-electron chi connectivity index (χ1n) is 12.1. The molecule has 33 heavy (non-hydrogen) atoms. The van der Waals surface area contributed by atoms with Gasteiger partial charge in [-0.1, -0.05) is 39.3 Å². The number of carbonyl (C=O) groups excluding carboxylic acids is 2. The van der Waals surface area contributed by atoms with Gasteiger partial charge in [0.2, 0.25) is 6.10 Å². The maximum Gasteiger partial charge on any atom is 0.348 e. The molecule has 2 bridgehead atoms. The van der Waals surface area contributed by atoms with Crippen molar-refractivity contribution in [2.24, 2.45) is 23.2 Å². The molecule has 1 aromatic carbocycles. The SMILES string of the molecule is CCCC(C)C(=O)O[C@H]1C(=O)O[C@@H]2Cc3c(C)ccc(C)c3[C@H]3[C@@]4(O)OC[C@@]23[C@@H]1[C@@H](C)[C@H]4O. The molecule has 1 saturated carbocycles. The molecule has 1 unspecified atom stereocenters. The van der Waals surface area contributed by atoms with Crippen LogP contribution in [0.4, 0.5) is 0 Å². The van der Waals surface area contributed by atoms with Gasteiger partial charge in [-0.05, 0) is 48.4 Å². The summed E-state index contributed by atoms with van der Waals surface area (Å²) < 4.78 is 17.8. The maximum absolute atomic E-state index is 13.2. The summed E-state index contributed by atoms with van der Waals surface area (Å²) in [6, 6.07) is 4.05. The lowest BCUT2D eigenvalue weighted by atomic mass is 9.46. The topological polar surface area (TPSA) is 102 Å². The van der Waals surface area contributed by atoms with Gasteiger partial charge >= 0.3 is 11.9 Å². The lowest BCUT2D eigenvalue weighted by Crippen LogP contribution is -2.71. The summed E-state index contributed by atoms with van der Waals surface area (Å²) in [4.78, 5) is 26.1. The molecule has 2 aliphatic heterocycles. The lowest BCUT2D eigenvalue weighted by Gasteiger charge is -2.60. The molecule has 0 aromatic heterocycles. The zero-order chi connectivity index (χ0) is 23.9. The van der Waals surface area contributed by atoms with Gasteiger partial charge in [0.05, 0.1) is 23.9 Å². The third-order valence-electron chi connectivity index (χ3n) is 8.88. The van der Waals surface area contributed by atoms with E-state index in [1.165, 1.54) is 0 Å². The van der Waals surface area contributed by atoms with Gasteiger partial charge in [0.25, 0.3) is 0 Å². The molecule has 2 N–H and O–H groups in total. The monoisotopic (exact) mass is 458 g/mol. The van der Waals surface area contributed by atoms with Crippen LogP contribution < -0.4 is 0 Å². The molecule has 3 fully saturated rings. The minimum Gasteiger partial charge on any atom is -0.459 e. The number of rotatable bonds is 4. The third-order valence-corrected chi connectivity index (χ3v) is 8.88. The molecule has 7 nitrogen and oxygen atoms in total. The molecular formula is C26H34O7. The second kappa shape index (κ2) is 7.52. The Morgan fingerprint density at radius 2 is 2.00 bits per heavy atom. The van der Waals surface area contributed by atoms with Crippen LogP contribution in [0.15, 0.2) is 12.1 Å². The summed E-state index contributed by atoms with van der Waals surface area (Å²) in [6.45, 7) is 9.72. The van der Waals surface area contributed by atoms with Crippen molar-refractivity contribution in [3.63, 3.8) is 0 Å². The van der Waals surface area contributed by atoms with Crippen LogP contribution in [0.1, 0.15) is 61.8 Å². The van der Waals surface area contributed by atoms with Crippen molar-refractivity contribution in [1.82, 2.24) is 0 Å². The van der Waals surface area contributed by atoms with Crippen molar-refractivity contribution in [2.75, 3.05) is 6.61 Å². The molecule has 180 valence electrons. The maximum atomic E-state index is 13.2. The van der Waals surface area contributed by atoms with E-state index < -0.39 is 59.2 Å². The number of carbonyl (C=O) groups is 2. The van der Waals surface area contributed by atoms with Crippen molar-refractivity contribution in [3.8, 4) is 0 Å². The number of hydrogen-bond donors (Lipinski definition) is 2. The zero-order valence-corrected chi connectivity index (χ0v) is 20.0. The summed E-state index contributed by atoms with van der Waals surface area (Å²) in [7, 11) is 0. The quantitative estimate of drug-likeness (QED) is 0.669. The highest BCUT2D eigenvalue weighted by atomic mass is 16.7. The lowest BCUT2D eigenvalue weighted by molar-refractivity contribution is -0.282. The van der Waals surface area contributed by atoms with Crippen molar-refractivity contribution >= 4 is 11.9 Å². The van der Waals surface area contributed by atoms with Crippen LogP contribution in [-0.2, 0) is 30.2 Å². The molecule has 0 radical (unpaired) electrons. The van der Waals surface area contributed by atoms with E-state index in [1.54, 1.807) is 13.8 Å². The second-order valence-electron chi connectivity index (χ2n) is 10.7. The first-order valence-corrected chi connectivity index (χ1v) is 12.1. The highest BCUT2D eigenvalue weighted by Gasteiger charge is 2.78. The van der Waals surface area contributed by atoms with Crippen molar-refractivity contribution in [2.45, 2.75) is 83.9 Å². The fraction of sp³-hybridized carbons (Fsp3) is 0.692. The fourth-order valence-electron chi connectivity index (χ4n) is 7.28. The largest absolute Gasteiger partial charge is 0.459 e. The molecule has 0 amide bonds. The van der Waals surface area contributed by atoms with E-state index in [1.807, 2.05) is 32.9 Å². The predicted octanol–water partition coefficient (Wildman–Crippen LogP) is 2.55. The smallest absolute Gasteiger partial charge is 0.348 e. The molecule has 2 heterocycles. The van der Waals surface area contributed by atoms with E-state index in [2.05, 4.69) is 0 Å². The molecule has 1 spiro atoms. The average molecular weight is 459 g/mol. The fourth-order valence-corrected chi connectivity index (χ4v) is 7.28. The Morgan fingerprint density at radius 1 is 1.30 bits per heavy atom. The van der Waals surface area contributed by atoms with Gasteiger partial charge in [-0.15, -0.1) is 0 Å². The highest BCUT2D eigenvalue weighted by molar-refractivity contribution is 5.82.